The number of rotatable bonds is 3. The molecule has 1 unspecified atom stereocenters. The van der Waals surface area contributed by atoms with Crippen LogP contribution in [0.5, 0.6) is 0 Å². The van der Waals surface area contributed by atoms with Crippen molar-refractivity contribution in [2.75, 3.05) is 18.4 Å². The van der Waals surface area contributed by atoms with Crippen molar-refractivity contribution < 1.29 is 4.79 Å². The number of carbonyl (C=O) groups excluding carboxylic acids is 1. The van der Waals surface area contributed by atoms with Crippen molar-refractivity contribution in [2.24, 2.45) is 18.4 Å². The van der Waals surface area contributed by atoms with E-state index in [4.69, 9.17) is 0 Å². The average molecular weight is 361 g/mol. The molecule has 4 rings (SSSR count). The fourth-order valence-corrected chi connectivity index (χ4v) is 4.15. The Bertz CT molecular complexity index is 765. The highest BCUT2D eigenvalue weighted by Gasteiger charge is 2.57. The fourth-order valence-electron chi connectivity index (χ4n) is 4.15. The molecule has 1 aliphatic heterocycles. The maximum Gasteiger partial charge on any atom is 0.229 e. The lowest BCUT2D eigenvalue weighted by atomic mass is 9.92. The number of amides is 1. The smallest absolute Gasteiger partial charge is 0.229 e. The first-order chi connectivity index (χ1) is 11.6. The van der Waals surface area contributed by atoms with Crippen LogP contribution in [0.4, 0.5) is 5.82 Å². The summed E-state index contributed by atoms with van der Waals surface area (Å²) in [5, 5.41) is 11.1. The highest BCUT2D eigenvalue weighted by atomic mass is 35.5. The standard InChI is InChI=1S/C19H24N4O.ClH/c1-13-16(14-6-4-3-5-7-14)17(23(2)22-13)21-18(24)15-12-19(15)8-10-20-11-9-19;/h3-7,15,20H,8-12H2,1-2H3,(H,21,24);1H. The second-order valence-electron chi connectivity index (χ2n) is 7.16. The molecular weight excluding hydrogens is 336 g/mol. The van der Waals surface area contributed by atoms with Crippen molar-refractivity contribution in [3.05, 3.63) is 36.0 Å². The van der Waals surface area contributed by atoms with E-state index in [0.717, 1.165) is 55.0 Å². The van der Waals surface area contributed by atoms with Crippen molar-refractivity contribution in [3.8, 4) is 11.1 Å². The number of benzene rings is 1. The molecule has 1 aromatic carbocycles. The normalized spacial score (nSPS) is 20.8. The number of hydrogen-bond donors (Lipinski definition) is 2. The van der Waals surface area contributed by atoms with Crippen LogP contribution in [-0.4, -0.2) is 28.8 Å². The molecule has 2 N–H and O–H groups in total. The molecule has 1 saturated heterocycles. The summed E-state index contributed by atoms with van der Waals surface area (Å²) in [6.45, 7) is 4.05. The monoisotopic (exact) mass is 360 g/mol. The zero-order valence-electron chi connectivity index (χ0n) is 14.7. The van der Waals surface area contributed by atoms with Gasteiger partial charge in [0.15, 0.2) is 0 Å². The lowest BCUT2D eigenvalue weighted by Gasteiger charge is -2.23. The SMILES string of the molecule is Cc1nn(C)c(NC(=O)C2CC23CCNCC3)c1-c1ccccc1.Cl. The van der Waals surface area contributed by atoms with Crippen LogP contribution < -0.4 is 10.6 Å². The number of carbonyl (C=O) groups is 1. The Morgan fingerprint density at radius 2 is 1.96 bits per heavy atom. The average Bonchev–Trinajstić information content (AvgIpc) is 3.20. The third-order valence-corrected chi connectivity index (χ3v) is 5.63. The molecule has 1 spiro atoms. The number of anilines is 1. The van der Waals surface area contributed by atoms with Crippen molar-refractivity contribution in [2.45, 2.75) is 26.2 Å². The number of nitrogens with one attached hydrogen (secondary N) is 2. The van der Waals surface area contributed by atoms with E-state index in [-0.39, 0.29) is 29.6 Å². The molecule has 2 fully saturated rings. The first kappa shape index (κ1) is 18.0. The molecule has 6 heteroatoms. The van der Waals surface area contributed by atoms with Crippen LogP contribution in [0.25, 0.3) is 11.1 Å². The Morgan fingerprint density at radius 3 is 2.64 bits per heavy atom. The van der Waals surface area contributed by atoms with Crippen molar-refractivity contribution >= 4 is 24.1 Å². The summed E-state index contributed by atoms with van der Waals surface area (Å²) in [5.74, 6) is 1.11. The van der Waals surface area contributed by atoms with Crippen LogP contribution in [0.1, 0.15) is 25.0 Å². The van der Waals surface area contributed by atoms with Crippen molar-refractivity contribution in [1.82, 2.24) is 15.1 Å². The number of piperidine rings is 1. The zero-order valence-corrected chi connectivity index (χ0v) is 15.5. The fraction of sp³-hybridized carbons (Fsp3) is 0.474. The Kier molecular flexibility index (Phi) is 4.89. The first-order valence-electron chi connectivity index (χ1n) is 8.71. The van der Waals surface area contributed by atoms with Crippen molar-refractivity contribution in [1.29, 1.82) is 0 Å². The van der Waals surface area contributed by atoms with Gasteiger partial charge in [-0.2, -0.15) is 5.10 Å². The minimum absolute atomic E-state index is 0. The highest BCUT2D eigenvalue weighted by Crippen LogP contribution is 2.58. The molecule has 134 valence electrons. The number of aryl methyl sites for hydroxylation is 2. The molecule has 1 amide bonds. The Balaban J connectivity index is 0.00000182. The molecule has 25 heavy (non-hydrogen) atoms. The highest BCUT2D eigenvalue weighted by molar-refractivity contribution is 5.98. The lowest BCUT2D eigenvalue weighted by Crippen LogP contribution is -2.31. The number of halogens is 1. The van der Waals surface area contributed by atoms with Gasteiger partial charge in [-0.05, 0) is 50.3 Å². The second-order valence-corrected chi connectivity index (χ2v) is 7.16. The van der Waals surface area contributed by atoms with Gasteiger partial charge in [-0.3, -0.25) is 9.48 Å². The molecule has 0 bridgehead atoms. The maximum atomic E-state index is 12.8. The van der Waals surface area contributed by atoms with E-state index in [0.29, 0.717) is 0 Å². The van der Waals surface area contributed by atoms with E-state index in [1.807, 2.05) is 32.2 Å². The van der Waals surface area contributed by atoms with Gasteiger partial charge < -0.3 is 10.6 Å². The van der Waals surface area contributed by atoms with Crippen molar-refractivity contribution in [3.63, 3.8) is 0 Å². The van der Waals surface area contributed by atoms with Gasteiger partial charge in [0, 0.05) is 18.5 Å². The molecule has 2 heterocycles. The zero-order chi connectivity index (χ0) is 16.7. The molecule has 0 radical (unpaired) electrons. The lowest BCUT2D eigenvalue weighted by molar-refractivity contribution is -0.118. The maximum absolute atomic E-state index is 12.8. The van der Waals surface area contributed by atoms with Gasteiger partial charge in [0.25, 0.3) is 0 Å². The van der Waals surface area contributed by atoms with Gasteiger partial charge in [-0.1, -0.05) is 30.3 Å². The molecule has 5 nitrogen and oxygen atoms in total. The third-order valence-electron chi connectivity index (χ3n) is 5.63. The molecule has 1 saturated carbocycles. The van der Waals surface area contributed by atoms with Gasteiger partial charge in [0.1, 0.15) is 5.82 Å². The van der Waals surface area contributed by atoms with Gasteiger partial charge in [-0.15, -0.1) is 12.4 Å². The van der Waals surface area contributed by atoms with E-state index < -0.39 is 0 Å². The van der Waals surface area contributed by atoms with Crippen LogP contribution in [0.2, 0.25) is 0 Å². The summed E-state index contributed by atoms with van der Waals surface area (Å²) in [7, 11) is 1.89. The minimum Gasteiger partial charge on any atom is -0.317 e. The summed E-state index contributed by atoms with van der Waals surface area (Å²) in [6.07, 6.45) is 3.25. The van der Waals surface area contributed by atoms with Crippen LogP contribution in [-0.2, 0) is 11.8 Å². The molecule has 2 aromatic rings. The number of hydrogen-bond acceptors (Lipinski definition) is 3. The predicted molar refractivity (Wildman–Crippen MR) is 102 cm³/mol. The number of nitrogens with zero attached hydrogens (tertiary/aromatic N) is 2. The Labute approximate surface area is 154 Å². The first-order valence-corrected chi connectivity index (χ1v) is 8.71. The van der Waals surface area contributed by atoms with Gasteiger partial charge in [0.2, 0.25) is 5.91 Å². The molecule has 2 aliphatic rings. The molecule has 1 aliphatic carbocycles. The van der Waals surface area contributed by atoms with Gasteiger partial charge in [0.05, 0.1) is 5.69 Å². The van der Waals surface area contributed by atoms with E-state index in [1.54, 1.807) is 4.68 Å². The topological polar surface area (TPSA) is 59.0 Å². The summed E-state index contributed by atoms with van der Waals surface area (Å²) >= 11 is 0. The Morgan fingerprint density at radius 1 is 1.28 bits per heavy atom. The quantitative estimate of drug-likeness (QED) is 0.884. The van der Waals surface area contributed by atoms with Crippen LogP contribution in [0.3, 0.4) is 0 Å². The van der Waals surface area contributed by atoms with E-state index >= 15 is 0 Å². The number of aromatic nitrogens is 2. The summed E-state index contributed by atoms with van der Waals surface area (Å²) in [5.41, 5.74) is 3.29. The van der Waals surface area contributed by atoms with E-state index in [2.05, 4.69) is 27.9 Å². The van der Waals surface area contributed by atoms with Gasteiger partial charge >= 0.3 is 0 Å². The third kappa shape index (κ3) is 3.18. The van der Waals surface area contributed by atoms with Crippen LogP contribution >= 0.6 is 12.4 Å². The van der Waals surface area contributed by atoms with E-state index in [1.165, 1.54) is 0 Å². The predicted octanol–water partition coefficient (Wildman–Crippen LogP) is 3.15. The molecule has 1 atom stereocenters. The Hall–Kier alpha value is -1.85. The largest absolute Gasteiger partial charge is 0.317 e. The summed E-state index contributed by atoms with van der Waals surface area (Å²) < 4.78 is 1.78. The van der Waals surface area contributed by atoms with Gasteiger partial charge in [-0.25, -0.2) is 0 Å². The van der Waals surface area contributed by atoms with Crippen LogP contribution in [0, 0.1) is 18.3 Å². The second kappa shape index (κ2) is 6.81. The van der Waals surface area contributed by atoms with Crippen LogP contribution in [0.15, 0.2) is 30.3 Å². The summed E-state index contributed by atoms with van der Waals surface area (Å²) in [6, 6.07) is 10.1. The molecular formula is C19H25ClN4O. The molecule has 1 aromatic heterocycles. The van der Waals surface area contributed by atoms with E-state index in [9.17, 15) is 4.79 Å². The summed E-state index contributed by atoms with van der Waals surface area (Å²) in [4.78, 5) is 12.8. The minimum atomic E-state index is 0.